The Hall–Kier alpha value is -3.53. The van der Waals surface area contributed by atoms with Crippen LogP contribution in [0.1, 0.15) is 24.8 Å². The Balaban J connectivity index is 1.41. The van der Waals surface area contributed by atoms with E-state index in [0.29, 0.717) is 12.2 Å². The molecule has 0 bridgehead atoms. The van der Waals surface area contributed by atoms with Gasteiger partial charge in [-0.05, 0) is 42.5 Å². The van der Waals surface area contributed by atoms with Gasteiger partial charge >= 0.3 is 5.97 Å². The summed E-state index contributed by atoms with van der Waals surface area (Å²) in [6.45, 7) is -0.576. The van der Waals surface area contributed by atoms with Crippen LogP contribution in [0.15, 0.2) is 66.7 Å². The number of carbonyl (C=O) groups is 3. The van der Waals surface area contributed by atoms with Gasteiger partial charge in [0.05, 0.1) is 28.9 Å². The van der Waals surface area contributed by atoms with Crippen LogP contribution in [0.5, 0.6) is 0 Å². The van der Waals surface area contributed by atoms with Gasteiger partial charge in [-0.1, -0.05) is 71.7 Å². The number of anilines is 2. The molecule has 3 aromatic rings. The minimum absolute atomic E-state index is 0.0568. The van der Waals surface area contributed by atoms with Crippen molar-refractivity contribution in [2.75, 3.05) is 23.3 Å². The lowest BCUT2D eigenvalue weighted by atomic mass is 9.73. The molecule has 0 radical (unpaired) electrons. The molecule has 7 rings (SSSR count). The second-order valence-corrected chi connectivity index (χ2v) is 12.7. The summed E-state index contributed by atoms with van der Waals surface area (Å²) in [5.41, 5.74) is 0.284. The van der Waals surface area contributed by atoms with Crippen molar-refractivity contribution in [2.45, 2.75) is 36.8 Å². The monoisotopic (exact) mass is 625 g/mol. The van der Waals surface area contributed by atoms with Crippen molar-refractivity contribution in [2.24, 2.45) is 17.8 Å². The molecule has 3 heterocycles. The van der Waals surface area contributed by atoms with E-state index in [-0.39, 0.29) is 27.2 Å². The number of fused-ring (bicyclic) bond motifs is 4. The zero-order chi connectivity index (χ0) is 30.3. The first-order valence-electron chi connectivity index (χ1n) is 14.2. The van der Waals surface area contributed by atoms with Crippen LogP contribution in [0, 0.1) is 17.8 Å². The zero-order valence-electron chi connectivity index (χ0n) is 22.8. The zero-order valence-corrected chi connectivity index (χ0v) is 24.3. The van der Waals surface area contributed by atoms with Crippen molar-refractivity contribution in [3.63, 3.8) is 0 Å². The summed E-state index contributed by atoms with van der Waals surface area (Å²) in [6.07, 6.45) is 1.03. The Morgan fingerprint density at radius 3 is 2.44 bits per heavy atom. The molecule has 222 valence electrons. The van der Waals surface area contributed by atoms with Crippen LogP contribution in [0.3, 0.4) is 0 Å². The van der Waals surface area contributed by atoms with E-state index < -0.39 is 60.1 Å². The summed E-state index contributed by atoms with van der Waals surface area (Å²) in [5, 5.41) is 13.6. The number of carboxylic acids is 1. The lowest BCUT2D eigenvalue weighted by molar-refractivity contribution is -0.153. The highest BCUT2D eigenvalue weighted by molar-refractivity contribution is 6.38. The Morgan fingerprint density at radius 1 is 1.05 bits per heavy atom. The van der Waals surface area contributed by atoms with E-state index >= 15 is 8.78 Å². The average molecular weight is 626 g/mol. The van der Waals surface area contributed by atoms with Crippen molar-refractivity contribution < 1.29 is 28.3 Å². The first-order chi connectivity index (χ1) is 20.5. The maximum Gasteiger partial charge on any atom is 0.310 e. The number of halogens is 4. The van der Waals surface area contributed by atoms with E-state index in [1.807, 2.05) is 42.5 Å². The number of benzene rings is 3. The fourth-order valence-electron chi connectivity index (χ4n) is 7.40. The van der Waals surface area contributed by atoms with Crippen molar-refractivity contribution in [3.8, 4) is 11.1 Å². The van der Waals surface area contributed by atoms with Crippen LogP contribution in [-0.4, -0.2) is 52.8 Å². The molecule has 3 aliphatic heterocycles. The van der Waals surface area contributed by atoms with Gasteiger partial charge in [-0.3, -0.25) is 19.3 Å². The van der Waals surface area contributed by atoms with Crippen LogP contribution in [-0.2, 0) is 19.9 Å². The smallest absolute Gasteiger partial charge is 0.310 e. The highest BCUT2D eigenvalue weighted by Gasteiger charge is 2.74. The SMILES string of the molecule is O=C(O)[C@H]1[C@@H](C(=O)N(CC2CC2)c2ccccc2-c2ccccc2)[C@H]2CC(F)(F)CN2[C@]12C(=O)Nc1c(Cl)cc(Cl)cc12. The van der Waals surface area contributed by atoms with Crippen LogP contribution in [0.4, 0.5) is 20.2 Å². The predicted octanol–water partition coefficient (Wildman–Crippen LogP) is 6.29. The van der Waals surface area contributed by atoms with E-state index in [4.69, 9.17) is 23.2 Å². The molecule has 7 nitrogen and oxygen atoms in total. The van der Waals surface area contributed by atoms with Gasteiger partial charge < -0.3 is 15.3 Å². The number of nitrogens with zero attached hydrogens (tertiary/aromatic N) is 2. The van der Waals surface area contributed by atoms with E-state index in [1.54, 1.807) is 17.0 Å². The molecule has 1 spiro atoms. The summed E-state index contributed by atoms with van der Waals surface area (Å²) >= 11 is 12.7. The number of para-hydroxylation sites is 1. The van der Waals surface area contributed by atoms with E-state index in [0.717, 1.165) is 24.0 Å². The highest BCUT2D eigenvalue weighted by Crippen LogP contribution is 2.61. The third-order valence-electron chi connectivity index (χ3n) is 9.27. The van der Waals surface area contributed by atoms with E-state index in [9.17, 15) is 19.5 Å². The number of aliphatic carboxylic acids is 1. The summed E-state index contributed by atoms with van der Waals surface area (Å²) < 4.78 is 30.5. The molecule has 4 aliphatic rings. The summed E-state index contributed by atoms with van der Waals surface area (Å²) in [5.74, 6) is -9.03. The highest BCUT2D eigenvalue weighted by atomic mass is 35.5. The van der Waals surface area contributed by atoms with Gasteiger partial charge in [-0.2, -0.15) is 0 Å². The molecule has 2 saturated heterocycles. The maximum atomic E-state index is 15.3. The maximum absolute atomic E-state index is 15.3. The topological polar surface area (TPSA) is 90.0 Å². The van der Waals surface area contributed by atoms with E-state index in [1.165, 1.54) is 17.0 Å². The van der Waals surface area contributed by atoms with Crippen molar-refractivity contribution in [1.82, 2.24) is 4.90 Å². The third kappa shape index (κ3) is 4.35. The first kappa shape index (κ1) is 28.3. The molecule has 3 fully saturated rings. The molecule has 1 saturated carbocycles. The Bertz CT molecular complexity index is 1670. The Morgan fingerprint density at radius 2 is 1.74 bits per heavy atom. The number of alkyl halides is 2. The Kier molecular flexibility index (Phi) is 6.57. The number of rotatable bonds is 6. The molecule has 0 unspecified atom stereocenters. The quantitative estimate of drug-likeness (QED) is 0.336. The molecular formula is C32H27Cl2F2N3O4. The van der Waals surface area contributed by atoms with Crippen LogP contribution >= 0.6 is 23.2 Å². The number of carboxylic acid groups (broad SMARTS) is 1. The lowest BCUT2D eigenvalue weighted by Gasteiger charge is -2.36. The minimum Gasteiger partial charge on any atom is -0.481 e. The van der Waals surface area contributed by atoms with Gasteiger partial charge in [0.15, 0.2) is 0 Å². The van der Waals surface area contributed by atoms with Crippen molar-refractivity contribution >= 4 is 52.4 Å². The minimum atomic E-state index is -3.26. The molecule has 2 N–H and O–H groups in total. The predicted molar refractivity (Wildman–Crippen MR) is 158 cm³/mol. The van der Waals surface area contributed by atoms with Gasteiger partial charge in [0.25, 0.3) is 11.8 Å². The van der Waals surface area contributed by atoms with Crippen LogP contribution in [0.2, 0.25) is 10.0 Å². The van der Waals surface area contributed by atoms with Crippen LogP contribution < -0.4 is 10.2 Å². The molecule has 0 aromatic heterocycles. The fraction of sp³-hybridized carbons (Fsp3) is 0.344. The molecule has 4 atom stereocenters. The van der Waals surface area contributed by atoms with Gasteiger partial charge in [-0.25, -0.2) is 8.78 Å². The lowest BCUT2D eigenvalue weighted by Crippen LogP contribution is -2.54. The van der Waals surface area contributed by atoms with Crippen LogP contribution in [0.25, 0.3) is 11.1 Å². The van der Waals surface area contributed by atoms with Crippen molar-refractivity contribution in [3.05, 3.63) is 82.3 Å². The number of amides is 2. The molecular weight excluding hydrogens is 599 g/mol. The van der Waals surface area contributed by atoms with Gasteiger partial charge in [-0.15, -0.1) is 0 Å². The van der Waals surface area contributed by atoms with E-state index in [2.05, 4.69) is 5.32 Å². The Labute approximate surface area is 256 Å². The second kappa shape index (κ2) is 10.0. The van der Waals surface area contributed by atoms with Crippen molar-refractivity contribution in [1.29, 1.82) is 0 Å². The number of hydrogen-bond acceptors (Lipinski definition) is 4. The normalized spacial score (nSPS) is 27.2. The standard InChI is InChI=1S/C32H27Cl2F2N3O4/c33-19-12-21-27(22(34)13-19)37-30(43)32(21)26(29(41)42)25(24-14-31(35,36)16-39(24)32)28(40)38(15-17-10-11-17)23-9-5-4-8-20(23)18-6-2-1-3-7-18/h1-9,12-13,17,24-26H,10-11,14-16H2,(H,37,43)(H,41,42)/t24-,25+,26-,32+/m1/s1. The van der Waals surface area contributed by atoms with Gasteiger partial charge in [0.2, 0.25) is 5.91 Å². The molecule has 43 heavy (non-hydrogen) atoms. The summed E-state index contributed by atoms with van der Waals surface area (Å²) in [4.78, 5) is 44.8. The number of carbonyl (C=O) groups excluding carboxylic acids is 2. The fourth-order valence-corrected chi connectivity index (χ4v) is 7.94. The largest absolute Gasteiger partial charge is 0.481 e. The average Bonchev–Trinajstić information content (AvgIpc) is 3.59. The molecule has 11 heteroatoms. The van der Waals surface area contributed by atoms with Gasteiger partial charge in [0, 0.05) is 35.2 Å². The molecule has 3 aromatic carbocycles. The summed E-state index contributed by atoms with van der Waals surface area (Å²) in [7, 11) is 0. The first-order valence-corrected chi connectivity index (χ1v) is 14.9. The molecule has 1 aliphatic carbocycles. The number of nitrogens with one attached hydrogen (secondary N) is 1. The third-order valence-corrected chi connectivity index (χ3v) is 9.79. The second-order valence-electron chi connectivity index (χ2n) is 11.9. The summed E-state index contributed by atoms with van der Waals surface area (Å²) in [6, 6.07) is 18.3. The number of hydrogen-bond donors (Lipinski definition) is 2. The molecule has 2 amide bonds. The van der Waals surface area contributed by atoms with Gasteiger partial charge in [0.1, 0.15) is 11.5 Å².